The van der Waals surface area contributed by atoms with Gasteiger partial charge in [0.2, 0.25) is 0 Å². The van der Waals surface area contributed by atoms with Gasteiger partial charge in [-0.25, -0.2) is 4.98 Å². The fourth-order valence-electron chi connectivity index (χ4n) is 2.83. The molecule has 1 aromatic heterocycles. The fourth-order valence-corrected chi connectivity index (χ4v) is 2.83. The molecule has 1 aromatic rings. The Morgan fingerprint density at radius 2 is 2.14 bits per heavy atom. The predicted molar refractivity (Wildman–Crippen MR) is 81.6 cm³/mol. The lowest BCUT2D eigenvalue weighted by Gasteiger charge is -2.33. The second-order valence-electron chi connectivity index (χ2n) is 6.05. The molecule has 2 aliphatic rings. The Bertz CT molecular complexity index is 600. The molecule has 0 spiro atoms. The van der Waals surface area contributed by atoms with Gasteiger partial charge in [-0.1, -0.05) is 0 Å². The van der Waals surface area contributed by atoms with E-state index in [0.717, 1.165) is 38.4 Å². The smallest absolute Gasteiger partial charge is 0.289 e. The molecule has 116 valence electrons. The molecule has 1 saturated carbocycles. The summed E-state index contributed by atoms with van der Waals surface area (Å²) in [6.45, 7) is 2.76. The van der Waals surface area contributed by atoms with E-state index in [4.69, 9.17) is 0 Å². The Morgan fingerprint density at radius 1 is 1.41 bits per heavy atom. The van der Waals surface area contributed by atoms with Crippen molar-refractivity contribution < 1.29 is 4.92 Å². The van der Waals surface area contributed by atoms with Crippen LogP contribution in [0.3, 0.4) is 0 Å². The summed E-state index contributed by atoms with van der Waals surface area (Å²) in [6, 6.07) is 3.86. The van der Waals surface area contributed by atoms with E-state index in [-0.39, 0.29) is 11.3 Å². The van der Waals surface area contributed by atoms with Crippen molar-refractivity contribution in [1.82, 2.24) is 10.3 Å². The van der Waals surface area contributed by atoms with Crippen molar-refractivity contribution in [2.45, 2.75) is 31.7 Å². The lowest BCUT2D eigenvalue weighted by molar-refractivity contribution is -0.385. The number of anilines is 1. The summed E-state index contributed by atoms with van der Waals surface area (Å²) in [6.07, 6.45) is 5.95. The van der Waals surface area contributed by atoms with Crippen molar-refractivity contribution in [2.75, 3.05) is 24.5 Å². The number of pyridine rings is 1. The normalized spacial score (nSPS) is 19.0. The Hall–Kier alpha value is -2.20. The minimum Gasteiger partial charge on any atom is -0.355 e. The van der Waals surface area contributed by atoms with Crippen LogP contribution in [0.2, 0.25) is 0 Å². The number of aromatic nitrogens is 1. The van der Waals surface area contributed by atoms with Gasteiger partial charge in [0.05, 0.1) is 4.92 Å². The molecule has 2 fully saturated rings. The topological polar surface area (TPSA) is 95.1 Å². The Kier molecular flexibility index (Phi) is 4.20. The zero-order valence-electron chi connectivity index (χ0n) is 12.4. The molecule has 1 aliphatic carbocycles. The minimum atomic E-state index is -0.522. The third-order valence-corrected chi connectivity index (χ3v) is 4.37. The average Bonchev–Trinajstić information content (AvgIpc) is 3.37. The molecule has 2 heterocycles. The van der Waals surface area contributed by atoms with Crippen LogP contribution in [0.1, 0.15) is 31.2 Å². The fraction of sp³-hybridized carbons (Fsp3) is 0.600. The Morgan fingerprint density at radius 3 is 2.73 bits per heavy atom. The van der Waals surface area contributed by atoms with Crippen LogP contribution in [0.15, 0.2) is 12.3 Å². The second-order valence-corrected chi connectivity index (χ2v) is 6.05. The molecule has 0 bridgehead atoms. The maximum absolute atomic E-state index is 10.8. The zero-order chi connectivity index (χ0) is 15.5. The lowest BCUT2D eigenvalue weighted by atomic mass is 10.0. The van der Waals surface area contributed by atoms with Crippen LogP contribution in [0.25, 0.3) is 0 Å². The van der Waals surface area contributed by atoms with Crippen LogP contribution in [-0.2, 0) is 0 Å². The highest BCUT2D eigenvalue weighted by atomic mass is 16.6. The monoisotopic (exact) mass is 301 g/mol. The van der Waals surface area contributed by atoms with Gasteiger partial charge in [0.15, 0.2) is 0 Å². The molecule has 22 heavy (non-hydrogen) atoms. The number of nitrogens with zero attached hydrogens (tertiary/aromatic N) is 4. The van der Waals surface area contributed by atoms with Crippen LogP contribution >= 0.6 is 0 Å². The summed E-state index contributed by atoms with van der Waals surface area (Å²) in [5.74, 6) is 1.44. The molecule has 7 heteroatoms. The molecule has 0 amide bonds. The second kappa shape index (κ2) is 6.28. The Balaban J connectivity index is 1.62. The van der Waals surface area contributed by atoms with Gasteiger partial charge < -0.3 is 10.2 Å². The summed E-state index contributed by atoms with van der Waals surface area (Å²) in [4.78, 5) is 16.4. The van der Waals surface area contributed by atoms with Crippen LogP contribution in [0, 0.1) is 27.4 Å². The molecular weight excluding hydrogens is 282 g/mol. The van der Waals surface area contributed by atoms with E-state index in [0.29, 0.717) is 11.9 Å². The molecule has 3 rings (SSSR count). The van der Waals surface area contributed by atoms with Gasteiger partial charge >= 0.3 is 0 Å². The van der Waals surface area contributed by atoms with Crippen molar-refractivity contribution in [3.63, 3.8) is 0 Å². The summed E-state index contributed by atoms with van der Waals surface area (Å²) >= 11 is 0. The van der Waals surface area contributed by atoms with Gasteiger partial charge in [0.25, 0.3) is 5.69 Å². The summed E-state index contributed by atoms with van der Waals surface area (Å²) in [5.41, 5.74) is 0.139. The van der Waals surface area contributed by atoms with Gasteiger partial charge in [-0.2, -0.15) is 5.26 Å². The number of nitriles is 1. The highest BCUT2D eigenvalue weighted by Crippen LogP contribution is 2.29. The van der Waals surface area contributed by atoms with E-state index in [9.17, 15) is 15.4 Å². The SMILES string of the molecule is N#Cc1cc([N+](=O)[O-])cnc1N1CCC(NCC2CC2)CC1. The number of nitrogens with one attached hydrogen (secondary N) is 1. The summed E-state index contributed by atoms with van der Waals surface area (Å²) < 4.78 is 0. The van der Waals surface area contributed by atoms with Crippen LogP contribution in [0.5, 0.6) is 0 Å². The quantitative estimate of drug-likeness (QED) is 0.658. The van der Waals surface area contributed by atoms with Crippen molar-refractivity contribution >= 4 is 11.5 Å². The van der Waals surface area contributed by atoms with Gasteiger partial charge in [0, 0.05) is 25.2 Å². The standard InChI is InChI=1S/C15H19N5O2/c16-8-12-7-14(20(21)22)10-18-15(12)19-5-3-13(4-6-19)17-9-11-1-2-11/h7,10-11,13,17H,1-6,9H2. The first-order valence-corrected chi connectivity index (χ1v) is 7.70. The molecule has 0 radical (unpaired) electrons. The van der Waals surface area contributed by atoms with Gasteiger partial charge in [-0.05, 0) is 38.1 Å². The van der Waals surface area contributed by atoms with Crippen LogP contribution in [-0.4, -0.2) is 35.6 Å². The van der Waals surface area contributed by atoms with E-state index in [2.05, 4.69) is 15.2 Å². The van der Waals surface area contributed by atoms with Crippen molar-refractivity contribution in [3.05, 3.63) is 27.9 Å². The first kappa shape index (κ1) is 14.7. The molecule has 0 unspecified atom stereocenters. The molecule has 1 aliphatic heterocycles. The highest BCUT2D eigenvalue weighted by molar-refractivity contribution is 5.57. The van der Waals surface area contributed by atoms with E-state index in [1.165, 1.54) is 25.1 Å². The molecule has 1 saturated heterocycles. The van der Waals surface area contributed by atoms with Crippen molar-refractivity contribution in [2.24, 2.45) is 5.92 Å². The lowest BCUT2D eigenvalue weighted by Crippen LogP contribution is -2.43. The van der Waals surface area contributed by atoms with Crippen molar-refractivity contribution in [3.8, 4) is 6.07 Å². The van der Waals surface area contributed by atoms with E-state index >= 15 is 0 Å². The van der Waals surface area contributed by atoms with Crippen LogP contribution < -0.4 is 10.2 Å². The van der Waals surface area contributed by atoms with Crippen molar-refractivity contribution in [1.29, 1.82) is 5.26 Å². The predicted octanol–water partition coefficient (Wildman–Crippen LogP) is 1.83. The van der Waals surface area contributed by atoms with E-state index < -0.39 is 4.92 Å². The maximum Gasteiger partial charge on any atom is 0.289 e. The number of nitro groups is 1. The third kappa shape index (κ3) is 3.34. The average molecular weight is 301 g/mol. The van der Waals surface area contributed by atoms with E-state index in [1.54, 1.807) is 0 Å². The number of hydrogen-bond donors (Lipinski definition) is 1. The molecule has 1 N–H and O–H groups in total. The maximum atomic E-state index is 10.8. The molecule has 0 atom stereocenters. The minimum absolute atomic E-state index is 0.138. The van der Waals surface area contributed by atoms with Gasteiger partial charge in [0.1, 0.15) is 23.6 Å². The zero-order valence-corrected chi connectivity index (χ0v) is 12.4. The third-order valence-electron chi connectivity index (χ3n) is 4.37. The first-order chi connectivity index (χ1) is 10.7. The van der Waals surface area contributed by atoms with Gasteiger partial charge in [-0.15, -0.1) is 0 Å². The molecular formula is C15H19N5O2. The number of hydrogen-bond acceptors (Lipinski definition) is 6. The first-order valence-electron chi connectivity index (χ1n) is 7.70. The summed E-state index contributed by atoms with van der Waals surface area (Å²) in [7, 11) is 0. The summed E-state index contributed by atoms with van der Waals surface area (Å²) in [5, 5.41) is 23.6. The van der Waals surface area contributed by atoms with Crippen LogP contribution in [0.4, 0.5) is 11.5 Å². The molecule has 7 nitrogen and oxygen atoms in total. The number of piperidine rings is 1. The van der Waals surface area contributed by atoms with E-state index in [1.807, 2.05) is 6.07 Å². The number of rotatable bonds is 5. The highest BCUT2D eigenvalue weighted by Gasteiger charge is 2.26. The largest absolute Gasteiger partial charge is 0.355 e. The molecule has 0 aromatic carbocycles. The van der Waals surface area contributed by atoms with Gasteiger partial charge in [-0.3, -0.25) is 10.1 Å². The Labute approximate surface area is 129 Å².